The van der Waals surface area contributed by atoms with Crippen LogP contribution >= 0.6 is 0 Å². The first kappa shape index (κ1) is 32.2. The van der Waals surface area contributed by atoms with Gasteiger partial charge in [0.2, 0.25) is 0 Å². The molecule has 2 unspecified atom stereocenters. The zero-order valence-corrected chi connectivity index (χ0v) is 25.2. The van der Waals surface area contributed by atoms with Crippen molar-refractivity contribution >= 4 is 5.97 Å². The molecule has 0 heterocycles. The lowest BCUT2D eigenvalue weighted by atomic mass is 9.74. The van der Waals surface area contributed by atoms with Gasteiger partial charge < -0.3 is 9.47 Å². The molecule has 3 nitrogen and oxygen atoms in total. The summed E-state index contributed by atoms with van der Waals surface area (Å²) in [5.74, 6) is 1.96. The van der Waals surface area contributed by atoms with Crippen LogP contribution in [0.15, 0.2) is 42.5 Å². The standard InChI is InChI=1S/C36H53FO3/c1-3-5-7-8-9-10-12-19-31-21-26-34(28-35(31)37)40-36(38)32-22-24-33(25-23-32)39-27-15-20-30-18-14-13-17-29(30)16-11-6-4-2/h21-26,28-30H,3-20,27H2,1-2H3. The molecule has 0 aromatic heterocycles. The number of esters is 1. The predicted octanol–water partition coefficient (Wildman–Crippen LogP) is 10.9. The van der Waals surface area contributed by atoms with Gasteiger partial charge in [0.1, 0.15) is 17.3 Å². The van der Waals surface area contributed by atoms with Crippen LogP contribution in [0.5, 0.6) is 11.5 Å². The second-order valence-electron chi connectivity index (χ2n) is 11.8. The van der Waals surface area contributed by atoms with Crippen molar-refractivity contribution in [3.63, 3.8) is 0 Å². The van der Waals surface area contributed by atoms with E-state index in [1.807, 2.05) is 12.1 Å². The number of carbonyl (C=O) groups excluding carboxylic acids is 1. The van der Waals surface area contributed by atoms with Crippen LogP contribution in [0.1, 0.15) is 139 Å². The van der Waals surface area contributed by atoms with Crippen LogP contribution in [0.2, 0.25) is 0 Å². The zero-order valence-electron chi connectivity index (χ0n) is 25.2. The molecule has 3 rings (SSSR count). The van der Waals surface area contributed by atoms with Crippen LogP contribution in [0, 0.1) is 17.7 Å². The maximum Gasteiger partial charge on any atom is 0.343 e. The minimum Gasteiger partial charge on any atom is -0.494 e. The van der Waals surface area contributed by atoms with Crippen LogP contribution in [0.3, 0.4) is 0 Å². The lowest BCUT2D eigenvalue weighted by Crippen LogP contribution is -2.20. The summed E-state index contributed by atoms with van der Waals surface area (Å²) < 4.78 is 26.0. The Kier molecular flexibility index (Phi) is 15.2. The van der Waals surface area contributed by atoms with E-state index in [1.165, 1.54) is 96.0 Å². The summed E-state index contributed by atoms with van der Waals surface area (Å²) in [6.45, 7) is 5.20. The van der Waals surface area contributed by atoms with Crippen LogP contribution in [-0.4, -0.2) is 12.6 Å². The SMILES string of the molecule is CCCCCCCCCc1ccc(OC(=O)c2ccc(OCCCC3CCCCC3CCCCC)cc2)cc1F. The van der Waals surface area contributed by atoms with Crippen molar-refractivity contribution in [3.8, 4) is 11.5 Å². The molecule has 0 aliphatic heterocycles. The number of benzene rings is 2. The van der Waals surface area contributed by atoms with Gasteiger partial charge in [0, 0.05) is 6.07 Å². The van der Waals surface area contributed by atoms with E-state index in [9.17, 15) is 9.18 Å². The van der Waals surface area contributed by atoms with E-state index < -0.39 is 5.97 Å². The summed E-state index contributed by atoms with van der Waals surface area (Å²) in [6, 6.07) is 11.8. The Morgan fingerprint density at radius 3 is 2.02 bits per heavy atom. The molecule has 0 spiro atoms. The molecule has 2 aromatic rings. The molecule has 1 fully saturated rings. The molecule has 0 saturated heterocycles. The van der Waals surface area contributed by atoms with E-state index in [0.29, 0.717) is 17.7 Å². The highest BCUT2D eigenvalue weighted by molar-refractivity contribution is 5.91. The maximum absolute atomic E-state index is 14.6. The summed E-state index contributed by atoms with van der Waals surface area (Å²) in [7, 11) is 0. The summed E-state index contributed by atoms with van der Waals surface area (Å²) >= 11 is 0. The molecule has 222 valence electrons. The van der Waals surface area contributed by atoms with Crippen LogP contribution in [0.25, 0.3) is 0 Å². The number of hydrogen-bond donors (Lipinski definition) is 0. The molecule has 2 aromatic carbocycles. The highest BCUT2D eigenvalue weighted by atomic mass is 19.1. The second-order valence-corrected chi connectivity index (χ2v) is 11.8. The van der Waals surface area contributed by atoms with Crippen LogP contribution < -0.4 is 9.47 Å². The molecular formula is C36H53FO3. The number of aryl methyl sites for hydroxylation is 1. The normalized spacial score (nSPS) is 17.1. The minimum absolute atomic E-state index is 0.238. The van der Waals surface area contributed by atoms with Crippen molar-refractivity contribution in [2.24, 2.45) is 11.8 Å². The van der Waals surface area contributed by atoms with Crippen molar-refractivity contribution in [1.29, 1.82) is 0 Å². The summed E-state index contributed by atoms with van der Waals surface area (Å²) in [4.78, 5) is 12.6. The highest BCUT2D eigenvalue weighted by Crippen LogP contribution is 2.36. The lowest BCUT2D eigenvalue weighted by molar-refractivity contribution is 0.0734. The minimum atomic E-state index is -0.489. The predicted molar refractivity (Wildman–Crippen MR) is 164 cm³/mol. The molecule has 1 aliphatic rings. The number of carbonyl (C=O) groups is 1. The van der Waals surface area contributed by atoms with Gasteiger partial charge in [0.05, 0.1) is 12.2 Å². The van der Waals surface area contributed by atoms with E-state index in [2.05, 4.69) is 13.8 Å². The monoisotopic (exact) mass is 552 g/mol. The van der Waals surface area contributed by atoms with Gasteiger partial charge in [0.15, 0.2) is 0 Å². The number of halogens is 1. The van der Waals surface area contributed by atoms with E-state index >= 15 is 0 Å². The molecule has 2 atom stereocenters. The van der Waals surface area contributed by atoms with Crippen molar-refractivity contribution in [2.75, 3.05) is 6.61 Å². The Morgan fingerprint density at radius 1 is 0.750 bits per heavy atom. The molecule has 1 saturated carbocycles. The molecule has 4 heteroatoms. The Balaban J connectivity index is 1.36. The average molecular weight is 553 g/mol. The van der Waals surface area contributed by atoms with E-state index in [0.717, 1.165) is 43.3 Å². The van der Waals surface area contributed by atoms with Crippen molar-refractivity contribution in [2.45, 2.75) is 129 Å². The quantitative estimate of drug-likeness (QED) is 0.0987. The molecular weight excluding hydrogens is 499 g/mol. The smallest absolute Gasteiger partial charge is 0.343 e. The van der Waals surface area contributed by atoms with Gasteiger partial charge in [-0.2, -0.15) is 0 Å². The van der Waals surface area contributed by atoms with Gasteiger partial charge in [-0.05, 0) is 73.4 Å². The average Bonchev–Trinajstić information content (AvgIpc) is 2.97. The third kappa shape index (κ3) is 11.6. The van der Waals surface area contributed by atoms with Crippen molar-refractivity contribution in [1.82, 2.24) is 0 Å². The number of unbranched alkanes of at least 4 members (excludes halogenated alkanes) is 8. The van der Waals surface area contributed by atoms with Crippen molar-refractivity contribution in [3.05, 3.63) is 59.4 Å². The first-order valence-electron chi connectivity index (χ1n) is 16.3. The van der Waals surface area contributed by atoms with Crippen LogP contribution in [-0.2, 0) is 6.42 Å². The third-order valence-electron chi connectivity index (χ3n) is 8.61. The fourth-order valence-corrected chi connectivity index (χ4v) is 6.16. The first-order chi connectivity index (χ1) is 19.6. The third-order valence-corrected chi connectivity index (χ3v) is 8.61. The Morgan fingerprint density at radius 2 is 1.35 bits per heavy atom. The fourth-order valence-electron chi connectivity index (χ4n) is 6.16. The largest absolute Gasteiger partial charge is 0.494 e. The van der Waals surface area contributed by atoms with Gasteiger partial charge in [-0.1, -0.05) is 110 Å². The maximum atomic E-state index is 14.6. The van der Waals surface area contributed by atoms with Gasteiger partial charge in [0.25, 0.3) is 0 Å². The Bertz CT molecular complexity index is 971. The Labute approximate surface area is 243 Å². The molecule has 0 radical (unpaired) electrons. The number of hydrogen-bond acceptors (Lipinski definition) is 3. The topological polar surface area (TPSA) is 35.5 Å². The summed E-state index contributed by atoms with van der Waals surface area (Å²) in [6.07, 6.45) is 22.4. The lowest BCUT2D eigenvalue weighted by Gasteiger charge is -2.31. The molecule has 1 aliphatic carbocycles. The molecule has 0 amide bonds. The van der Waals surface area contributed by atoms with Crippen LogP contribution in [0.4, 0.5) is 4.39 Å². The van der Waals surface area contributed by atoms with E-state index in [4.69, 9.17) is 9.47 Å². The highest BCUT2D eigenvalue weighted by Gasteiger charge is 2.24. The number of ether oxygens (including phenoxy) is 2. The summed E-state index contributed by atoms with van der Waals surface area (Å²) in [5, 5.41) is 0. The van der Waals surface area contributed by atoms with Gasteiger partial charge >= 0.3 is 5.97 Å². The van der Waals surface area contributed by atoms with E-state index in [1.54, 1.807) is 24.3 Å². The van der Waals surface area contributed by atoms with Gasteiger partial charge in [-0.3, -0.25) is 0 Å². The van der Waals surface area contributed by atoms with Crippen molar-refractivity contribution < 1.29 is 18.7 Å². The van der Waals surface area contributed by atoms with Gasteiger partial charge in [-0.25, -0.2) is 9.18 Å². The molecule has 0 N–H and O–H groups in total. The molecule has 40 heavy (non-hydrogen) atoms. The van der Waals surface area contributed by atoms with Gasteiger partial charge in [-0.15, -0.1) is 0 Å². The molecule has 0 bridgehead atoms. The summed E-state index contributed by atoms with van der Waals surface area (Å²) in [5.41, 5.74) is 1.11. The van der Waals surface area contributed by atoms with E-state index in [-0.39, 0.29) is 11.6 Å². The Hall–Kier alpha value is -2.36. The first-order valence-corrected chi connectivity index (χ1v) is 16.3. The zero-order chi connectivity index (χ0) is 28.4. The number of rotatable bonds is 19. The fraction of sp³-hybridized carbons (Fsp3) is 0.639. The second kappa shape index (κ2) is 18.9.